The minimum Gasteiger partial charge on any atom is -0.459 e. The van der Waals surface area contributed by atoms with Crippen molar-refractivity contribution in [3.05, 3.63) is 60.4 Å². The van der Waals surface area contributed by atoms with Crippen LogP contribution < -0.4 is 10.2 Å². The van der Waals surface area contributed by atoms with Gasteiger partial charge in [0.1, 0.15) is 5.65 Å². The van der Waals surface area contributed by atoms with E-state index in [0.29, 0.717) is 16.9 Å². The molecule has 0 spiro atoms. The second kappa shape index (κ2) is 11.0. The Labute approximate surface area is 231 Å². The number of hydrogen-bond donors (Lipinski definition) is 2. The Morgan fingerprint density at radius 1 is 1.15 bits per heavy atom. The van der Waals surface area contributed by atoms with E-state index >= 15 is 0 Å². The van der Waals surface area contributed by atoms with Crippen LogP contribution in [0.4, 0.5) is 10.8 Å². The fourth-order valence-corrected chi connectivity index (χ4v) is 5.54. The number of piperazine rings is 1. The average molecular weight is 545 g/mol. The van der Waals surface area contributed by atoms with Gasteiger partial charge in [0, 0.05) is 55.2 Å². The molecule has 1 fully saturated rings. The molecule has 1 aromatic carbocycles. The van der Waals surface area contributed by atoms with E-state index in [2.05, 4.69) is 38.7 Å². The van der Waals surface area contributed by atoms with Gasteiger partial charge in [-0.15, -0.1) is 0 Å². The van der Waals surface area contributed by atoms with Crippen LogP contribution in [0, 0.1) is 6.92 Å². The number of likely N-dealkylation sites (N-methyl/N-ethyl adjacent to an activating group) is 1. The van der Waals surface area contributed by atoms with Crippen molar-refractivity contribution in [2.24, 2.45) is 0 Å². The number of carbonyl (C=O) groups excluding carboxylic acids is 2. The first-order valence-electron chi connectivity index (χ1n) is 12.9. The zero-order valence-electron chi connectivity index (χ0n) is 22.6. The summed E-state index contributed by atoms with van der Waals surface area (Å²) in [5, 5.41) is 4.65. The molecule has 39 heavy (non-hydrogen) atoms. The lowest BCUT2D eigenvalue weighted by atomic mass is 9.99. The predicted octanol–water partition coefficient (Wildman–Crippen LogP) is 5.10. The van der Waals surface area contributed by atoms with Crippen LogP contribution in [0.25, 0.3) is 32.7 Å². The Morgan fingerprint density at radius 2 is 1.92 bits per heavy atom. The van der Waals surface area contributed by atoms with Gasteiger partial charge >= 0.3 is 5.97 Å². The third-order valence-electron chi connectivity index (χ3n) is 6.71. The van der Waals surface area contributed by atoms with Crippen LogP contribution in [0.5, 0.6) is 0 Å². The third kappa shape index (κ3) is 5.57. The summed E-state index contributed by atoms with van der Waals surface area (Å²) in [4.78, 5) is 43.2. The Balaban J connectivity index is 1.64. The molecule has 0 radical (unpaired) electrons. The number of thiazole rings is 1. The molecule has 0 unspecified atom stereocenters. The van der Waals surface area contributed by atoms with Gasteiger partial charge in [0.25, 0.3) is 0 Å². The molecule has 3 aromatic heterocycles. The maximum atomic E-state index is 12.7. The second-order valence-corrected chi connectivity index (χ2v) is 11.0. The van der Waals surface area contributed by atoms with Gasteiger partial charge in [-0.3, -0.25) is 4.79 Å². The van der Waals surface area contributed by atoms with Crippen molar-refractivity contribution in [3.63, 3.8) is 0 Å². The molecule has 4 aromatic rings. The predicted molar refractivity (Wildman–Crippen MR) is 156 cm³/mol. The number of carbonyl (C=O) groups is 2. The number of nitrogens with zero attached hydrogens (tertiary/aromatic N) is 4. The van der Waals surface area contributed by atoms with Crippen LogP contribution in [0.15, 0.2) is 49.3 Å². The van der Waals surface area contributed by atoms with Crippen LogP contribution in [-0.4, -0.2) is 71.1 Å². The normalized spacial score (nSPS) is 14.1. The lowest BCUT2D eigenvalue weighted by molar-refractivity contribution is -0.111. The topological polar surface area (TPSA) is 103 Å². The number of pyridine rings is 1. The summed E-state index contributed by atoms with van der Waals surface area (Å²) in [5.41, 5.74) is 5.22. The van der Waals surface area contributed by atoms with E-state index in [0.717, 1.165) is 64.0 Å². The SMILES string of the molecule is C=CC(=O)Nc1cc(-c2c(-c3cnc(N4CCN(C)CC4)s3)[nH]c3ncc(C(=O)OC(C)C)cc23)ccc1C. The number of ether oxygens (including phenoxy) is 1. The summed E-state index contributed by atoms with van der Waals surface area (Å²) in [6.07, 6.45) is 4.42. The minimum atomic E-state index is -0.425. The first-order valence-corrected chi connectivity index (χ1v) is 13.7. The van der Waals surface area contributed by atoms with Crippen molar-refractivity contribution in [1.29, 1.82) is 0 Å². The van der Waals surface area contributed by atoms with E-state index in [1.165, 1.54) is 12.3 Å². The van der Waals surface area contributed by atoms with E-state index in [-0.39, 0.29) is 12.0 Å². The van der Waals surface area contributed by atoms with Crippen LogP contribution >= 0.6 is 11.3 Å². The van der Waals surface area contributed by atoms with Crippen molar-refractivity contribution in [3.8, 4) is 21.7 Å². The molecule has 0 atom stereocenters. The van der Waals surface area contributed by atoms with Gasteiger partial charge in [0.2, 0.25) is 5.91 Å². The molecule has 1 amide bonds. The van der Waals surface area contributed by atoms with Crippen molar-refractivity contribution in [2.75, 3.05) is 43.4 Å². The number of nitrogens with one attached hydrogen (secondary N) is 2. The largest absolute Gasteiger partial charge is 0.459 e. The number of rotatable bonds is 7. The zero-order valence-corrected chi connectivity index (χ0v) is 23.4. The standard InChI is InChI=1S/C29H32N6O3S/c1-6-24(36)32-22-14-19(8-7-18(22)4)25-21-13-20(28(37)38-17(2)3)15-30-27(21)33-26(25)23-16-31-29(39-23)35-11-9-34(5)10-12-35/h6-8,13-17H,1,9-12H2,2-5H3,(H,30,33)(H,32,36). The molecule has 10 heteroatoms. The molecule has 0 saturated carbocycles. The molecule has 0 bridgehead atoms. The fraction of sp³-hybridized carbons (Fsp3) is 0.310. The highest BCUT2D eigenvalue weighted by Crippen LogP contribution is 2.42. The average Bonchev–Trinajstić information content (AvgIpc) is 3.55. The molecule has 1 aliphatic rings. The molecule has 1 saturated heterocycles. The third-order valence-corrected chi connectivity index (χ3v) is 7.79. The molecule has 202 valence electrons. The van der Waals surface area contributed by atoms with Crippen molar-refractivity contribution in [1.82, 2.24) is 19.9 Å². The summed E-state index contributed by atoms with van der Waals surface area (Å²) < 4.78 is 5.43. The van der Waals surface area contributed by atoms with Gasteiger partial charge in [-0.25, -0.2) is 14.8 Å². The first kappa shape index (κ1) is 26.6. The highest BCUT2D eigenvalue weighted by molar-refractivity contribution is 7.19. The number of hydrogen-bond acceptors (Lipinski definition) is 8. The molecule has 2 N–H and O–H groups in total. The summed E-state index contributed by atoms with van der Waals surface area (Å²) in [6, 6.07) is 7.72. The van der Waals surface area contributed by atoms with E-state index in [4.69, 9.17) is 9.72 Å². The summed E-state index contributed by atoms with van der Waals surface area (Å²) in [6.45, 7) is 13.0. The number of benzene rings is 1. The smallest absolute Gasteiger partial charge is 0.339 e. The molecule has 1 aliphatic heterocycles. The lowest BCUT2D eigenvalue weighted by Gasteiger charge is -2.32. The van der Waals surface area contributed by atoms with Gasteiger partial charge in [-0.1, -0.05) is 30.0 Å². The Hall–Kier alpha value is -4.02. The summed E-state index contributed by atoms with van der Waals surface area (Å²) in [5.74, 6) is -0.708. The van der Waals surface area contributed by atoms with Gasteiger partial charge in [-0.05, 0) is 57.2 Å². The molecule has 4 heterocycles. The first-order chi connectivity index (χ1) is 18.7. The Kier molecular flexibility index (Phi) is 7.49. The Morgan fingerprint density at radius 3 is 2.64 bits per heavy atom. The Bertz CT molecular complexity index is 1550. The van der Waals surface area contributed by atoms with E-state index in [1.807, 2.05) is 51.2 Å². The van der Waals surface area contributed by atoms with Gasteiger partial charge < -0.3 is 24.8 Å². The number of fused-ring (bicyclic) bond motifs is 1. The van der Waals surface area contributed by atoms with Gasteiger partial charge in [-0.2, -0.15) is 0 Å². The number of anilines is 2. The van der Waals surface area contributed by atoms with Gasteiger partial charge in [0.05, 0.1) is 22.2 Å². The van der Waals surface area contributed by atoms with Crippen LogP contribution in [0.2, 0.25) is 0 Å². The molecule has 5 rings (SSSR count). The maximum Gasteiger partial charge on any atom is 0.339 e. The quantitative estimate of drug-likeness (QED) is 0.246. The molecule has 0 aliphatic carbocycles. The number of amides is 1. The fourth-order valence-electron chi connectivity index (χ4n) is 4.57. The van der Waals surface area contributed by atoms with Crippen LogP contribution in [0.1, 0.15) is 29.8 Å². The van der Waals surface area contributed by atoms with Crippen molar-refractivity contribution < 1.29 is 14.3 Å². The monoisotopic (exact) mass is 544 g/mol. The van der Waals surface area contributed by atoms with E-state index in [9.17, 15) is 9.59 Å². The van der Waals surface area contributed by atoms with Gasteiger partial charge in [0.15, 0.2) is 5.13 Å². The molecule has 9 nitrogen and oxygen atoms in total. The maximum absolute atomic E-state index is 12.7. The minimum absolute atomic E-state index is 0.243. The number of esters is 1. The highest BCUT2D eigenvalue weighted by atomic mass is 32.1. The van der Waals surface area contributed by atoms with E-state index in [1.54, 1.807) is 11.3 Å². The van der Waals surface area contributed by atoms with Crippen LogP contribution in [-0.2, 0) is 9.53 Å². The number of H-pyrrole nitrogens is 1. The highest BCUT2D eigenvalue weighted by Gasteiger charge is 2.23. The number of aromatic amines is 1. The lowest BCUT2D eigenvalue weighted by Crippen LogP contribution is -2.44. The zero-order chi connectivity index (χ0) is 27.7. The summed E-state index contributed by atoms with van der Waals surface area (Å²) >= 11 is 1.62. The van der Waals surface area contributed by atoms with E-state index < -0.39 is 5.97 Å². The molecular formula is C29H32N6O3S. The van der Waals surface area contributed by atoms with Crippen LogP contribution in [0.3, 0.4) is 0 Å². The summed E-state index contributed by atoms with van der Waals surface area (Å²) in [7, 11) is 2.13. The number of aromatic nitrogens is 3. The molecular weight excluding hydrogens is 512 g/mol. The van der Waals surface area contributed by atoms with Crippen molar-refractivity contribution in [2.45, 2.75) is 26.9 Å². The second-order valence-electron chi connectivity index (χ2n) is 9.97. The number of aryl methyl sites for hydroxylation is 1. The van der Waals surface area contributed by atoms with Crippen molar-refractivity contribution >= 4 is 45.1 Å².